The van der Waals surface area contributed by atoms with Crippen LogP contribution in [0.25, 0.3) is 33.2 Å². The van der Waals surface area contributed by atoms with E-state index in [9.17, 15) is 0 Å². The lowest BCUT2D eigenvalue weighted by Gasteiger charge is -2.21. The number of rotatable bonds is 0. The minimum atomic E-state index is -0.0644. The molecule has 4 aromatic rings. The Bertz CT molecular complexity index is 1060. The molecule has 5 rings (SSSR count). The van der Waals surface area contributed by atoms with Crippen LogP contribution in [-0.2, 0) is 5.41 Å². The van der Waals surface area contributed by atoms with Gasteiger partial charge >= 0.3 is 0 Å². The molecule has 1 aliphatic carbocycles. The van der Waals surface area contributed by atoms with Crippen LogP contribution >= 0.6 is 0 Å². The molecule has 0 radical (unpaired) electrons. The van der Waals surface area contributed by atoms with Crippen LogP contribution in [0.4, 0.5) is 0 Å². The van der Waals surface area contributed by atoms with Crippen LogP contribution < -0.4 is 0 Å². The normalized spacial score (nSPS) is 15.2. The molecule has 0 spiro atoms. The number of hydrogen-bond donors (Lipinski definition) is 0. The second-order valence-corrected chi connectivity index (χ2v) is 6.48. The summed E-state index contributed by atoms with van der Waals surface area (Å²) in [4.78, 5) is 4.64. The topological polar surface area (TPSA) is 26.0 Å². The van der Waals surface area contributed by atoms with Crippen LogP contribution in [0.5, 0.6) is 0 Å². The zero-order valence-electron chi connectivity index (χ0n) is 12.6. The molecule has 0 amide bonds. The highest BCUT2D eigenvalue weighted by Gasteiger charge is 2.38. The molecule has 2 heteroatoms. The number of benzene rings is 2. The number of furan rings is 1. The fourth-order valence-corrected chi connectivity index (χ4v) is 3.92. The van der Waals surface area contributed by atoms with Gasteiger partial charge in [0.15, 0.2) is 0 Å². The number of para-hydroxylation sites is 1. The summed E-state index contributed by atoms with van der Waals surface area (Å²) in [7, 11) is 0. The summed E-state index contributed by atoms with van der Waals surface area (Å²) < 4.78 is 6.05. The van der Waals surface area contributed by atoms with Crippen LogP contribution in [0.1, 0.15) is 25.0 Å². The number of aromatic nitrogens is 1. The van der Waals surface area contributed by atoms with Gasteiger partial charge in [-0.1, -0.05) is 38.1 Å². The van der Waals surface area contributed by atoms with Gasteiger partial charge in [0, 0.05) is 27.9 Å². The maximum atomic E-state index is 6.05. The summed E-state index contributed by atoms with van der Waals surface area (Å²) in [5.74, 6) is 0. The zero-order chi connectivity index (χ0) is 14.9. The summed E-state index contributed by atoms with van der Waals surface area (Å²) >= 11 is 0. The SMILES string of the molecule is CC1(C)c2cccnc2-c2ccc3oc4ccccc4c3c21. The van der Waals surface area contributed by atoms with E-state index in [0.717, 1.165) is 16.9 Å². The first-order chi connectivity index (χ1) is 10.7. The fourth-order valence-electron chi connectivity index (χ4n) is 3.92. The van der Waals surface area contributed by atoms with Gasteiger partial charge in [-0.25, -0.2) is 0 Å². The monoisotopic (exact) mass is 285 g/mol. The van der Waals surface area contributed by atoms with E-state index in [0.29, 0.717) is 0 Å². The van der Waals surface area contributed by atoms with Crippen molar-refractivity contribution in [2.75, 3.05) is 0 Å². The highest BCUT2D eigenvalue weighted by Crippen LogP contribution is 2.51. The molecular formula is C20H15NO. The molecule has 2 aromatic heterocycles. The van der Waals surface area contributed by atoms with Crippen molar-refractivity contribution in [1.29, 1.82) is 0 Å². The van der Waals surface area contributed by atoms with Gasteiger partial charge in [0.25, 0.3) is 0 Å². The summed E-state index contributed by atoms with van der Waals surface area (Å²) in [6.45, 7) is 4.56. The lowest BCUT2D eigenvalue weighted by Crippen LogP contribution is -2.15. The summed E-state index contributed by atoms with van der Waals surface area (Å²) in [5, 5.41) is 2.42. The van der Waals surface area contributed by atoms with Crippen molar-refractivity contribution in [1.82, 2.24) is 4.98 Å². The van der Waals surface area contributed by atoms with Gasteiger partial charge in [0.2, 0.25) is 0 Å². The second kappa shape index (κ2) is 3.77. The van der Waals surface area contributed by atoms with Crippen molar-refractivity contribution in [3.63, 3.8) is 0 Å². The third kappa shape index (κ3) is 1.28. The number of fused-ring (bicyclic) bond motifs is 7. The van der Waals surface area contributed by atoms with Gasteiger partial charge in [-0.15, -0.1) is 0 Å². The van der Waals surface area contributed by atoms with E-state index in [-0.39, 0.29) is 5.41 Å². The molecule has 0 atom stereocenters. The standard InChI is InChI=1S/C20H15NO/c1-20(2)14-7-5-11-21-19(14)13-9-10-16-17(18(13)20)12-6-3-4-8-15(12)22-16/h3-11H,1-2H3. The Kier molecular flexibility index (Phi) is 2.06. The lowest BCUT2D eigenvalue weighted by atomic mass is 9.81. The Hall–Kier alpha value is -2.61. The zero-order valence-corrected chi connectivity index (χ0v) is 12.6. The van der Waals surface area contributed by atoms with E-state index in [1.807, 2.05) is 24.4 Å². The molecule has 0 fully saturated rings. The molecule has 2 nitrogen and oxygen atoms in total. The minimum Gasteiger partial charge on any atom is -0.456 e. The Balaban J connectivity index is 2.03. The van der Waals surface area contributed by atoms with E-state index in [4.69, 9.17) is 4.42 Å². The number of pyridine rings is 1. The molecule has 0 bridgehead atoms. The maximum Gasteiger partial charge on any atom is 0.135 e. The van der Waals surface area contributed by atoms with Crippen molar-refractivity contribution >= 4 is 21.9 Å². The van der Waals surface area contributed by atoms with Gasteiger partial charge in [0.05, 0.1) is 5.69 Å². The fraction of sp³-hybridized carbons (Fsp3) is 0.150. The molecular weight excluding hydrogens is 270 g/mol. The predicted molar refractivity (Wildman–Crippen MR) is 89.1 cm³/mol. The molecule has 0 saturated carbocycles. The number of hydrogen-bond acceptors (Lipinski definition) is 2. The van der Waals surface area contributed by atoms with Crippen LogP contribution in [0.15, 0.2) is 59.1 Å². The molecule has 0 saturated heterocycles. The summed E-state index contributed by atoms with van der Waals surface area (Å²) in [6, 6.07) is 16.7. The molecule has 2 aromatic carbocycles. The third-order valence-electron chi connectivity index (χ3n) is 4.90. The van der Waals surface area contributed by atoms with Crippen molar-refractivity contribution in [2.45, 2.75) is 19.3 Å². The highest BCUT2D eigenvalue weighted by atomic mass is 16.3. The Morgan fingerprint density at radius 2 is 1.77 bits per heavy atom. The van der Waals surface area contributed by atoms with Crippen molar-refractivity contribution < 1.29 is 4.42 Å². The molecule has 0 unspecified atom stereocenters. The Morgan fingerprint density at radius 3 is 2.68 bits per heavy atom. The predicted octanol–water partition coefficient (Wildman–Crippen LogP) is 5.29. The first kappa shape index (κ1) is 12.0. The molecule has 22 heavy (non-hydrogen) atoms. The van der Waals surface area contributed by atoms with Gasteiger partial charge in [-0.3, -0.25) is 4.98 Å². The van der Waals surface area contributed by atoms with Crippen LogP contribution in [0, 0.1) is 0 Å². The van der Waals surface area contributed by atoms with Crippen LogP contribution in [0.2, 0.25) is 0 Å². The molecule has 106 valence electrons. The molecule has 0 N–H and O–H groups in total. The van der Waals surface area contributed by atoms with E-state index in [2.05, 4.69) is 49.2 Å². The van der Waals surface area contributed by atoms with Crippen LogP contribution in [0.3, 0.4) is 0 Å². The van der Waals surface area contributed by atoms with E-state index < -0.39 is 0 Å². The van der Waals surface area contributed by atoms with Gasteiger partial charge in [0.1, 0.15) is 11.2 Å². The minimum absolute atomic E-state index is 0.0644. The molecule has 1 aliphatic rings. The first-order valence-corrected chi connectivity index (χ1v) is 7.58. The number of nitrogens with zero attached hydrogens (tertiary/aromatic N) is 1. The quantitative estimate of drug-likeness (QED) is 0.439. The average molecular weight is 285 g/mol. The van der Waals surface area contributed by atoms with Crippen LogP contribution in [-0.4, -0.2) is 4.98 Å². The van der Waals surface area contributed by atoms with Gasteiger partial charge < -0.3 is 4.42 Å². The van der Waals surface area contributed by atoms with E-state index in [1.54, 1.807) is 0 Å². The smallest absolute Gasteiger partial charge is 0.135 e. The maximum absolute atomic E-state index is 6.05. The molecule has 2 heterocycles. The molecule has 0 aliphatic heterocycles. The van der Waals surface area contributed by atoms with E-state index in [1.165, 1.54) is 27.5 Å². The largest absolute Gasteiger partial charge is 0.456 e. The van der Waals surface area contributed by atoms with Gasteiger partial charge in [-0.05, 0) is 35.4 Å². The Morgan fingerprint density at radius 1 is 0.909 bits per heavy atom. The average Bonchev–Trinajstić information content (AvgIpc) is 3.02. The van der Waals surface area contributed by atoms with Crippen molar-refractivity contribution in [3.8, 4) is 11.3 Å². The van der Waals surface area contributed by atoms with Crippen molar-refractivity contribution in [3.05, 3.63) is 65.9 Å². The summed E-state index contributed by atoms with van der Waals surface area (Å²) in [6.07, 6.45) is 1.88. The van der Waals surface area contributed by atoms with Gasteiger partial charge in [-0.2, -0.15) is 0 Å². The Labute approximate surface area is 128 Å². The van der Waals surface area contributed by atoms with E-state index >= 15 is 0 Å². The highest BCUT2D eigenvalue weighted by molar-refractivity contribution is 6.10. The summed E-state index contributed by atoms with van der Waals surface area (Å²) in [5.41, 5.74) is 6.82. The second-order valence-electron chi connectivity index (χ2n) is 6.48. The third-order valence-corrected chi connectivity index (χ3v) is 4.90. The first-order valence-electron chi connectivity index (χ1n) is 7.58. The lowest BCUT2D eigenvalue weighted by molar-refractivity contribution is 0.656. The van der Waals surface area contributed by atoms with Crippen molar-refractivity contribution in [2.24, 2.45) is 0 Å².